The SMILES string of the molecule is NCC1CCCN1c1cnc2ccccc2n1. The van der Waals surface area contributed by atoms with Crippen molar-refractivity contribution in [2.24, 2.45) is 5.73 Å². The Bertz CT molecular complexity index is 526. The monoisotopic (exact) mass is 228 g/mol. The molecule has 88 valence electrons. The van der Waals surface area contributed by atoms with Crippen molar-refractivity contribution in [2.75, 3.05) is 18.0 Å². The third-order valence-corrected chi connectivity index (χ3v) is 3.38. The van der Waals surface area contributed by atoms with Gasteiger partial charge >= 0.3 is 0 Å². The summed E-state index contributed by atoms with van der Waals surface area (Å²) in [5.41, 5.74) is 7.68. The summed E-state index contributed by atoms with van der Waals surface area (Å²) in [7, 11) is 0. The van der Waals surface area contributed by atoms with Crippen molar-refractivity contribution in [3.05, 3.63) is 30.5 Å². The molecule has 0 aliphatic carbocycles. The van der Waals surface area contributed by atoms with Gasteiger partial charge in [0, 0.05) is 19.1 Å². The predicted molar refractivity (Wildman–Crippen MR) is 69.0 cm³/mol. The minimum Gasteiger partial charge on any atom is -0.351 e. The lowest BCUT2D eigenvalue weighted by molar-refractivity contribution is 0.671. The van der Waals surface area contributed by atoms with E-state index in [9.17, 15) is 0 Å². The molecule has 1 fully saturated rings. The second-order valence-corrected chi connectivity index (χ2v) is 4.44. The fourth-order valence-electron chi connectivity index (χ4n) is 2.47. The maximum Gasteiger partial charge on any atom is 0.148 e. The number of hydrogen-bond acceptors (Lipinski definition) is 4. The number of rotatable bonds is 2. The zero-order chi connectivity index (χ0) is 11.7. The molecule has 1 atom stereocenters. The largest absolute Gasteiger partial charge is 0.351 e. The highest BCUT2D eigenvalue weighted by molar-refractivity contribution is 5.75. The van der Waals surface area contributed by atoms with E-state index in [1.165, 1.54) is 6.42 Å². The maximum atomic E-state index is 5.78. The molecule has 1 saturated heterocycles. The molecule has 0 spiro atoms. The van der Waals surface area contributed by atoms with Gasteiger partial charge < -0.3 is 10.6 Å². The molecule has 17 heavy (non-hydrogen) atoms. The van der Waals surface area contributed by atoms with Crippen LogP contribution in [0, 0.1) is 0 Å². The first kappa shape index (κ1) is 10.5. The Hall–Kier alpha value is -1.68. The fraction of sp³-hybridized carbons (Fsp3) is 0.385. The van der Waals surface area contributed by atoms with E-state index >= 15 is 0 Å². The van der Waals surface area contributed by atoms with Crippen LogP contribution >= 0.6 is 0 Å². The molecule has 2 heterocycles. The number of fused-ring (bicyclic) bond motifs is 1. The first-order valence-corrected chi connectivity index (χ1v) is 6.07. The van der Waals surface area contributed by atoms with E-state index in [-0.39, 0.29) is 0 Å². The number of aromatic nitrogens is 2. The second-order valence-electron chi connectivity index (χ2n) is 4.44. The predicted octanol–water partition coefficient (Wildman–Crippen LogP) is 1.56. The number of anilines is 1. The lowest BCUT2D eigenvalue weighted by atomic mass is 10.2. The lowest BCUT2D eigenvalue weighted by Crippen LogP contribution is -2.35. The molecule has 0 amide bonds. The molecular weight excluding hydrogens is 212 g/mol. The molecule has 1 aliphatic rings. The van der Waals surface area contributed by atoms with Crippen LogP contribution in [-0.4, -0.2) is 29.1 Å². The van der Waals surface area contributed by atoms with Crippen LogP contribution < -0.4 is 10.6 Å². The van der Waals surface area contributed by atoms with E-state index < -0.39 is 0 Å². The van der Waals surface area contributed by atoms with Gasteiger partial charge in [-0.1, -0.05) is 12.1 Å². The number of nitrogens with two attached hydrogens (primary N) is 1. The van der Waals surface area contributed by atoms with Gasteiger partial charge in [-0.25, -0.2) is 4.98 Å². The van der Waals surface area contributed by atoms with Gasteiger partial charge in [0.25, 0.3) is 0 Å². The summed E-state index contributed by atoms with van der Waals surface area (Å²) in [6.45, 7) is 1.73. The van der Waals surface area contributed by atoms with Gasteiger partial charge in [0.1, 0.15) is 5.82 Å². The number of hydrogen-bond donors (Lipinski definition) is 1. The van der Waals surface area contributed by atoms with Crippen molar-refractivity contribution >= 4 is 16.9 Å². The molecule has 1 aliphatic heterocycles. The first-order chi connectivity index (χ1) is 8.38. The van der Waals surface area contributed by atoms with Crippen LogP contribution in [0.4, 0.5) is 5.82 Å². The van der Waals surface area contributed by atoms with Crippen LogP contribution in [-0.2, 0) is 0 Å². The van der Waals surface area contributed by atoms with Crippen molar-refractivity contribution in [3.8, 4) is 0 Å². The van der Waals surface area contributed by atoms with E-state index in [0.29, 0.717) is 12.6 Å². The highest BCUT2D eigenvalue weighted by atomic mass is 15.2. The van der Waals surface area contributed by atoms with E-state index in [0.717, 1.165) is 29.8 Å². The van der Waals surface area contributed by atoms with E-state index in [1.807, 2.05) is 30.5 Å². The van der Waals surface area contributed by atoms with Gasteiger partial charge in [-0.05, 0) is 25.0 Å². The minimum absolute atomic E-state index is 0.422. The summed E-state index contributed by atoms with van der Waals surface area (Å²) < 4.78 is 0. The first-order valence-electron chi connectivity index (χ1n) is 6.07. The van der Waals surface area contributed by atoms with E-state index in [1.54, 1.807) is 0 Å². The van der Waals surface area contributed by atoms with Crippen molar-refractivity contribution in [2.45, 2.75) is 18.9 Å². The highest BCUT2D eigenvalue weighted by Crippen LogP contribution is 2.23. The molecule has 1 unspecified atom stereocenters. The molecule has 1 aromatic carbocycles. The molecule has 3 rings (SSSR count). The van der Waals surface area contributed by atoms with Gasteiger partial charge in [0.2, 0.25) is 0 Å². The summed E-state index contributed by atoms with van der Waals surface area (Å²) in [6.07, 6.45) is 4.21. The smallest absolute Gasteiger partial charge is 0.148 e. The quantitative estimate of drug-likeness (QED) is 0.847. The Morgan fingerprint density at radius 3 is 2.94 bits per heavy atom. The van der Waals surface area contributed by atoms with Gasteiger partial charge in [-0.2, -0.15) is 0 Å². The number of benzene rings is 1. The molecule has 0 bridgehead atoms. The minimum atomic E-state index is 0.422. The zero-order valence-electron chi connectivity index (χ0n) is 9.71. The van der Waals surface area contributed by atoms with Crippen LogP contribution in [0.15, 0.2) is 30.5 Å². The lowest BCUT2D eigenvalue weighted by Gasteiger charge is -2.24. The van der Waals surface area contributed by atoms with Crippen molar-refractivity contribution in [1.82, 2.24) is 9.97 Å². The normalized spacial score (nSPS) is 20.1. The summed E-state index contributed by atoms with van der Waals surface area (Å²) >= 11 is 0. The van der Waals surface area contributed by atoms with Crippen LogP contribution in [0.5, 0.6) is 0 Å². The van der Waals surface area contributed by atoms with E-state index in [2.05, 4.69) is 14.9 Å². The Balaban J connectivity index is 2.00. The Morgan fingerprint density at radius 2 is 2.12 bits per heavy atom. The fourth-order valence-corrected chi connectivity index (χ4v) is 2.47. The standard InChI is InChI=1S/C13H16N4/c14-8-10-4-3-7-17(10)13-9-15-11-5-1-2-6-12(11)16-13/h1-2,5-6,9-10H,3-4,7-8,14H2. The molecule has 2 N–H and O–H groups in total. The molecule has 4 heteroatoms. The average Bonchev–Trinajstić information content (AvgIpc) is 2.86. The van der Waals surface area contributed by atoms with Crippen molar-refractivity contribution < 1.29 is 0 Å². The zero-order valence-corrected chi connectivity index (χ0v) is 9.71. The molecular formula is C13H16N4. The Labute approximate surface area is 100 Å². The summed E-state index contributed by atoms with van der Waals surface area (Å²) in [5, 5.41) is 0. The van der Waals surface area contributed by atoms with Gasteiger partial charge in [-0.3, -0.25) is 4.98 Å². The molecule has 2 aromatic rings. The average molecular weight is 228 g/mol. The van der Waals surface area contributed by atoms with Crippen LogP contribution in [0.3, 0.4) is 0 Å². The summed E-state index contributed by atoms with van der Waals surface area (Å²) in [5.74, 6) is 0.955. The third kappa shape index (κ3) is 1.85. The van der Waals surface area contributed by atoms with E-state index in [4.69, 9.17) is 5.73 Å². The second kappa shape index (κ2) is 4.30. The van der Waals surface area contributed by atoms with Crippen molar-refractivity contribution in [1.29, 1.82) is 0 Å². The molecule has 0 saturated carbocycles. The number of para-hydroxylation sites is 2. The maximum absolute atomic E-state index is 5.78. The van der Waals surface area contributed by atoms with Crippen LogP contribution in [0.25, 0.3) is 11.0 Å². The topological polar surface area (TPSA) is 55.0 Å². The summed E-state index contributed by atoms with van der Waals surface area (Å²) in [6, 6.07) is 8.38. The molecule has 0 radical (unpaired) electrons. The van der Waals surface area contributed by atoms with Gasteiger partial charge in [-0.15, -0.1) is 0 Å². The third-order valence-electron chi connectivity index (χ3n) is 3.38. The Morgan fingerprint density at radius 1 is 1.29 bits per heavy atom. The van der Waals surface area contributed by atoms with Crippen LogP contribution in [0.2, 0.25) is 0 Å². The Kier molecular flexibility index (Phi) is 2.65. The highest BCUT2D eigenvalue weighted by Gasteiger charge is 2.24. The summed E-state index contributed by atoms with van der Waals surface area (Å²) in [4.78, 5) is 11.4. The van der Waals surface area contributed by atoms with Crippen LogP contribution in [0.1, 0.15) is 12.8 Å². The molecule has 1 aromatic heterocycles. The van der Waals surface area contributed by atoms with Gasteiger partial charge in [0.15, 0.2) is 0 Å². The van der Waals surface area contributed by atoms with Gasteiger partial charge in [0.05, 0.1) is 17.2 Å². The van der Waals surface area contributed by atoms with Crippen molar-refractivity contribution in [3.63, 3.8) is 0 Å². The molecule has 4 nitrogen and oxygen atoms in total. The number of nitrogens with zero attached hydrogens (tertiary/aromatic N) is 3.